The number of anilines is 1. The minimum Gasteiger partial charge on any atom is -1.00 e. The highest BCUT2D eigenvalue weighted by Crippen LogP contribution is 2.27. The molecule has 0 unspecified atom stereocenters. The number of halogens is 1. The molecule has 1 heterocycles. The number of hydrogen-bond donors (Lipinski definition) is 4. The third-order valence-electron chi connectivity index (χ3n) is 3.04. The van der Waals surface area contributed by atoms with E-state index in [2.05, 4.69) is 11.1 Å². The van der Waals surface area contributed by atoms with Crippen LogP contribution < -0.4 is 28.6 Å². The van der Waals surface area contributed by atoms with Gasteiger partial charge in [0.05, 0.1) is 0 Å². The van der Waals surface area contributed by atoms with Crippen molar-refractivity contribution in [3.05, 3.63) is 42.2 Å². The Hall–Kier alpha value is -2.40. The molecule has 0 radical (unpaired) electrons. The Kier molecular flexibility index (Phi) is 6.10. The second-order valence-electron chi connectivity index (χ2n) is 4.60. The smallest absolute Gasteiger partial charge is 0.354 e. The first-order valence-electron chi connectivity index (χ1n) is 6.41. The Balaban J connectivity index is 0.00000288. The lowest BCUT2D eigenvalue weighted by Crippen LogP contribution is -3.00. The fraction of sp³-hybridized carbons (Fsp3) is 0.0769. The van der Waals surface area contributed by atoms with Crippen molar-refractivity contribution >= 4 is 27.8 Å². The number of aromatic carboxylic acids is 1. The molecule has 7 N–H and O–H groups in total. The molecule has 0 aliphatic heterocycles. The highest BCUT2D eigenvalue weighted by Gasteiger charge is 2.22. The molecule has 11 heteroatoms. The molecule has 0 spiro atoms. The van der Waals surface area contributed by atoms with E-state index in [0.717, 1.165) is 6.20 Å². The lowest BCUT2D eigenvalue weighted by atomic mass is 10.1. The van der Waals surface area contributed by atoms with Gasteiger partial charge in [0, 0.05) is 17.4 Å². The number of aromatic nitrogens is 1. The second-order valence-corrected chi connectivity index (χ2v) is 6.02. The van der Waals surface area contributed by atoms with Crippen LogP contribution in [0, 0.1) is 0 Å². The van der Waals surface area contributed by atoms with Crippen LogP contribution in [-0.2, 0) is 15.0 Å². The summed E-state index contributed by atoms with van der Waals surface area (Å²) in [6, 6.07) is 7.62. The van der Waals surface area contributed by atoms with E-state index < -0.39 is 21.9 Å². The van der Waals surface area contributed by atoms with Crippen LogP contribution in [0.2, 0.25) is 0 Å². The predicted molar refractivity (Wildman–Crippen MR) is 81.7 cm³/mol. The van der Waals surface area contributed by atoms with Crippen LogP contribution in [0.15, 0.2) is 36.5 Å². The monoisotopic (exact) mass is 374 g/mol. The molecular weight excluding hydrogens is 360 g/mol. The molecule has 0 atom stereocenters. The van der Waals surface area contributed by atoms with Crippen LogP contribution in [0.4, 0.5) is 5.69 Å². The Bertz CT molecular complexity index is 861. The average Bonchev–Trinajstić information content (AvgIpc) is 2.93. The zero-order valence-electron chi connectivity index (χ0n) is 12.3. The SMILES string of the molecule is NS(=O)(=O)n1ccc(-c2ccc(NC(=O)C[NH3+])cc2)c1C(=O)O.[Cl-]. The highest BCUT2D eigenvalue weighted by atomic mass is 35.5. The van der Waals surface area contributed by atoms with Crippen LogP contribution >= 0.6 is 0 Å². The van der Waals surface area contributed by atoms with E-state index in [9.17, 15) is 23.1 Å². The normalized spacial score (nSPS) is 10.8. The van der Waals surface area contributed by atoms with Crippen molar-refractivity contribution in [3.8, 4) is 11.1 Å². The third-order valence-corrected chi connectivity index (χ3v) is 3.89. The van der Waals surface area contributed by atoms with Crippen LogP contribution in [0.25, 0.3) is 11.1 Å². The number of nitrogens with zero attached hydrogens (tertiary/aromatic N) is 1. The van der Waals surface area contributed by atoms with E-state index in [1.807, 2.05) is 0 Å². The first-order chi connectivity index (χ1) is 10.7. The number of rotatable bonds is 5. The molecule has 1 aromatic carbocycles. The minimum absolute atomic E-state index is 0. The molecule has 1 aromatic heterocycles. The Labute approximate surface area is 143 Å². The number of carboxylic acid groups (broad SMARTS) is 1. The van der Waals surface area contributed by atoms with Gasteiger partial charge in [-0.3, -0.25) is 4.79 Å². The van der Waals surface area contributed by atoms with E-state index in [0.29, 0.717) is 15.2 Å². The van der Waals surface area contributed by atoms with Gasteiger partial charge in [0.2, 0.25) is 0 Å². The van der Waals surface area contributed by atoms with E-state index in [1.165, 1.54) is 6.07 Å². The van der Waals surface area contributed by atoms with E-state index in [1.54, 1.807) is 24.3 Å². The number of carboxylic acids is 1. The number of hydrogen-bond acceptors (Lipinski definition) is 4. The standard InChI is InChI=1S/C13H14N4O5S.ClH/c14-7-11(18)16-9-3-1-8(2-4-9)10-5-6-17(23(15,21)22)12(10)13(19)20;/h1-6H,7,14H2,(H,16,18)(H,19,20)(H2,15,21,22);1H. The van der Waals surface area contributed by atoms with Crippen LogP contribution in [0.1, 0.15) is 10.5 Å². The van der Waals surface area contributed by atoms with Gasteiger partial charge in [-0.05, 0) is 23.8 Å². The zero-order valence-corrected chi connectivity index (χ0v) is 13.8. The maximum absolute atomic E-state index is 11.4. The van der Waals surface area contributed by atoms with Crippen molar-refractivity contribution in [3.63, 3.8) is 0 Å². The van der Waals surface area contributed by atoms with Gasteiger partial charge in [-0.2, -0.15) is 8.42 Å². The molecule has 0 aliphatic carbocycles. The van der Waals surface area contributed by atoms with Gasteiger partial charge in [0.15, 0.2) is 12.2 Å². The predicted octanol–water partition coefficient (Wildman–Crippen LogP) is -3.91. The van der Waals surface area contributed by atoms with Gasteiger partial charge in [0.1, 0.15) is 0 Å². The summed E-state index contributed by atoms with van der Waals surface area (Å²) in [5, 5.41) is 16.9. The zero-order chi connectivity index (χ0) is 17.2. The molecule has 0 saturated carbocycles. The minimum atomic E-state index is -4.22. The van der Waals surface area contributed by atoms with E-state index in [-0.39, 0.29) is 30.4 Å². The molecule has 0 saturated heterocycles. The first-order valence-corrected chi connectivity index (χ1v) is 7.92. The first kappa shape index (κ1) is 19.6. The highest BCUT2D eigenvalue weighted by molar-refractivity contribution is 7.87. The lowest BCUT2D eigenvalue weighted by Gasteiger charge is -2.07. The molecule has 24 heavy (non-hydrogen) atoms. The van der Waals surface area contributed by atoms with Crippen molar-refractivity contribution in [1.29, 1.82) is 0 Å². The topological polar surface area (TPSA) is 159 Å². The summed E-state index contributed by atoms with van der Waals surface area (Å²) in [5.41, 5.74) is 4.18. The van der Waals surface area contributed by atoms with Gasteiger partial charge in [0.25, 0.3) is 5.91 Å². The summed E-state index contributed by atoms with van der Waals surface area (Å²) in [7, 11) is -4.22. The molecule has 2 rings (SSSR count). The lowest BCUT2D eigenvalue weighted by molar-refractivity contribution is -0.353. The van der Waals surface area contributed by atoms with E-state index >= 15 is 0 Å². The molecular formula is C13H15ClN4O5S. The Morgan fingerprint density at radius 1 is 1.21 bits per heavy atom. The van der Waals surface area contributed by atoms with Crippen LogP contribution in [0.5, 0.6) is 0 Å². The number of carbonyl (C=O) groups excluding carboxylic acids is 1. The fourth-order valence-corrected chi connectivity index (χ4v) is 2.69. The maximum atomic E-state index is 11.4. The molecule has 2 aromatic rings. The molecule has 130 valence electrons. The average molecular weight is 375 g/mol. The number of quaternary nitrogens is 1. The summed E-state index contributed by atoms with van der Waals surface area (Å²) in [4.78, 5) is 22.6. The molecule has 0 aliphatic rings. The number of nitrogens with one attached hydrogen (secondary N) is 1. The molecule has 1 amide bonds. The molecule has 0 fully saturated rings. The van der Waals surface area contributed by atoms with Crippen molar-refractivity contribution in [1.82, 2.24) is 3.97 Å². The van der Waals surface area contributed by atoms with E-state index in [4.69, 9.17) is 5.14 Å². The van der Waals surface area contributed by atoms with Crippen molar-refractivity contribution in [2.75, 3.05) is 11.9 Å². The third kappa shape index (κ3) is 4.11. The summed E-state index contributed by atoms with van der Waals surface area (Å²) in [6.45, 7) is 0.0854. The fourth-order valence-electron chi connectivity index (χ4n) is 2.03. The quantitative estimate of drug-likeness (QED) is 0.420. The Morgan fingerprint density at radius 3 is 2.25 bits per heavy atom. The van der Waals surface area contributed by atoms with Crippen molar-refractivity contribution in [2.45, 2.75) is 0 Å². The van der Waals surface area contributed by atoms with Gasteiger partial charge >= 0.3 is 16.2 Å². The molecule has 9 nitrogen and oxygen atoms in total. The van der Waals surface area contributed by atoms with Gasteiger partial charge in [-0.25, -0.2) is 13.9 Å². The van der Waals surface area contributed by atoms with Crippen LogP contribution in [-0.4, -0.2) is 35.9 Å². The van der Waals surface area contributed by atoms with Gasteiger partial charge in [-0.15, -0.1) is 0 Å². The second kappa shape index (κ2) is 7.45. The number of benzene rings is 1. The maximum Gasteiger partial charge on any atom is 0.354 e. The molecule has 0 bridgehead atoms. The summed E-state index contributed by atoms with van der Waals surface area (Å²) >= 11 is 0. The summed E-state index contributed by atoms with van der Waals surface area (Å²) in [6.07, 6.45) is 1.08. The number of nitrogens with two attached hydrogens (primary N) is 1. The van der Waals surface area contributed by atoms with Crippen LogP contribution in [0.3, 0.4) is 0 Å². The van der Waals surface area contributed by atoms with Crippen molar-refractivity contribution < 1.29 is 41.3 Å². The van der Waals surface area contributed by atoms with Gasteiger partial charge < -0.3 is 28.6 Å². The largest absolute Gasteiger partial charge is 1.00 e. The van der Waals surface area contributed by atoms with Crippen molar-refractivity contribution in [2.24, 2.45) is 5.14 Å². The van der Waals surface area contributed by atoms with Gasteiger partial charge in [-0.1, -0.05) is 12.1 Å². The Morgan fingerprint density at radius 2 is 1.79 bits per heavy atom. The number of carbonyl (C=O) groups is 2. The number of amides is 1. The summed E-state index contributed by atoms with van der Waals surface area (Å²) in [5.74, 6) is -1.68. The summed E-state index contributed by atoms with van der Waals surface area (Å²) < 4.78 is 23.4.